The second-order valence-electron chi connectivity index (χ2n) is 4.45. The Morgan fingerprint density at radius 1 is 0.750 bits per heavy atom. The molecule has 0 amide bonds. The summed E-state index contributed by atoms with van der Waals surface area (Å²) < 4.78 is 4.82. The molecule has 0 aliphatic heterocycles. The van der Waals surface area contributed by atoms with Gasteiger partial charge in [-0.15, -0.1) is 0 Å². The normalized spacial score (nSPS) is 10.5. The number of nitrogens with two attached hydrogens (primary N) is 1. The fourth-order valence-corrected chi connectivity index (χ4v) is 9.06. The Hall–Kier alpha value is 2.99. The van der Waals surface area contributed by atoms with E-state index in [0.29, 0.717) is 0 Å². The molecule has 2 N–H and O–H groups in total. The zero-order valence-electron chi connectivity index (χ0n) is 10.0. The van der Waals surface area contributed by atoms with E-state index in [1.165, 1.54) is 0 Å². The molecule has 0 spiro atoms. The predicted molar refractivity (Wildman–Crippen MR) is 55.3 cm³/mol. The van der Waals surface area contributed by atoms with Crippen molar-refractivity contribution in [3.05, 3.63) is 10.8 Å². The molecule has 0 radical (unpaired) electrons. The van der Waals surface area contributed by atoms with Crippen LogP contribution in [0.5, 0.6) is 0 Å². The standard InChI is InChI=1S/C6H18NSi2.K.H2N.Na/c1-8(2,3)7-9(4,5)6;;;/h1-6H3;;1H2;/q-1;+1;-1;+1. The minimum absolute atomic E-state index is 0. The largest absolute Gasteiger partial charge is 1.00 e. The first-order chi connectivity index (χ1) is 3.71. The molecule has 0 saturated carbocycles. The zero-order chi connectivity index (χ0) is 7.71. The molecule has 0 aromatic carbocycles. The molecule has 0 rings (SSSR count). The second kappa shape index (κ2) is 9.23. The second-order valence-corrected chi connectivity index (χ2v) is 14.0. The van der Waals surface area contributed by atoms with Crippen LogP contribution in [0.1, 0.15) is 0 Å². The molecular formula is C6H20KN2NaSi2. The summed E-state index contributed by atoms with van der Waals surface area (Å²) in [6.07, 6.45) is 0. The molecular weight excluding hydrogens is 218 g/mol. The van der Waals surface area contributed by atoms with E-state index < -0.39 is 16.5 Å². The predicted octanol–water partition coefficient (Wildman–Crippen LogP) is -2.24. The average molecular weight is 238 g/mol. The van der Waals surface area contributed by atoms with E-state index in [1.54, 1.807) is 0 Å². The maximum absolute atomic E-state index is 4.82. The van der Waals surface area contributed by atoms with Gasteiger partial charge in [-0.3, -0.25) is 0 Å². The molecule has 0 atom stereocenters. The van der Waals surface area contributed by atoms with Gasteiger partial charge in [0, 0.05) is 0 Å². The van der Waals surface area contributed by atoms with Crippen molar-refractivity contribution in [2.45, 2.75) is 39.3 Å². The van der Waals surface area contributed by atoms with E-state index in [2.05, 4.69) is 39.3 Å². The summed E-state index contributed by atoms with van der Waals surface area (Å²) in [5.41, 5.74) is 0. The first-order valence-corrected chi connectivity index (χ1v) is 10.3. The number of hydrogen-bond donors (Lipinski definition) is 0. The van der Waals surface area contributed by atoms with Gasteiger partial charge in [0.05, 0.1) is 0 Å². The third-order valence-corrected chi connectivity index (χ3v) is 6.04. The summed E-state index contributed by atoms with van der Waals surface area (Å²) >= 11 is 0. The molecule has 6 heteroatoms. The Labute approximate surface area is 145 Å². The summed E-state index contributed by atoms with van der Waals surface area (Å²) in [5.74, 6) is 0. The number of nitrogens with zero attached hydrogens (tertiary/aromatic N) is 1. The zero-order valence-corrected chi connectivity index (χ0v) is 17.1. The van der Waals surface area contributed by atoms with Crippen molar-refractivity contribution in [3.8, 4) is 0 Å². The summed E-state index contributed by atoms with van der Waals surface area (Å²) in [4.78, 5) is 0. The van der Waals surface area contributed by atoms with Gasteiger partial charge in [0.2, 0.25) is 0 Å². The van der Waals surface area contributed by atoms with Gasteiger partial charge in [-0.2, -0.15) is 0 Å². The fourth-order valence-electron chi connectivity index (χ4n) is 1.01. The van der Waals surface area contributed by atoms with Gasteiger partial charge in [0.1, 0.15) is 0 Å². The molecule has 64 valence electrons. The van der Waals surface area contributed by atoms with E-state index in [0.717, 1.165) is 0 Å². The van der Waals surface area contributed by atoms with Gasteiger partial charge >= 0.3 is 80.9 Å². The van der Waals surface area contributed by atoms with Crippen molar-refractivity contribution in [2.75, 3.05) is 0 Å². The van der Waals surface area contributed by atoms with Crippen molar-refractivity contribution in [1.29, 1.82) is 0 Å². The SMILES string of the molecule is C[Si](C)(C)[N-][Si](C)(C)C.[K+].[NH2-].[Na+]. The molecule has 0 fully saturated rings. The van der Waals surface area contributed by atoms with E-state index in [-0.39, 0.29) is 87.1 Å². The summed E-state index contributed by atoms with van der Waals surface area (Å²) in [5, 5.41) is 0. The van der Waals surface area contributed by atoms with Gasteiger partial charge in [-0.1, -0.05) is 55.8 Å². The van der Waals surface area contributed by atoms with Crippen LogP contribution in [0.25, 0.3) is 10.8 Å². The van der Waals surface area contributed by atoms with Gasteiger partial charge in [0.25, 0.3) is 0 Å². The van der Waals surface area contributed by atoms with Crippen LogP contribution in [0.2, 0.25) is 39.3 Å². The van der Waals surface area contributed by atoms with Crippen LogP contribution in [0, 0.1) is 0 Å². The van der Waals surface area contributed by atoms with Crippen molar-refractivity contribution < 1.29 is 80.9 Å². The first-order valence-electron chi connectivity index (χ1n) is 3.45. The molecule has 0 aromatic rings. The summed E-state index contributed by atoms with van der Waals surface area (Å²) in [6.45, 7) is 13.8. The Balaban J connectivity index is -0.000000107. The van der Waals surface area contributed by atoms with Crippen LogP contribution >= 0.6 is 0 Å². The molecule has 0 aromatic heterocycles. The van der Waals surface area contributed by atoms with Crippen molar-refractivity contribution in [1.82, 2.24) is 0 Å². The van der Waals surface area contributed by atoms with E-state index in [4.69, 9.17) is 4.65 Å². The summed E-state index contributed by atoms with van der Waals surface area (Å²) in [7, 11) is -2.21. The van der Waals surface area contributed by atoms with Gasteiger partial charge < -0.3 is 10.8 Å². The third-order valence-electron chi connectivity index (χ3n) is 0.671. The molecule has 0 aliphatic carbocycles. The van der Waals surface area contributed by atoms with E-state index >= 15 is 0 Å². The minimum Gasteiger partial charge on any atom is -0.693 e. The van der Waals surface area contributed by atoms with Crippen molar-refractivity contribution in [2.24, 2.45) is 0 Å². The quantitative estimate of drug-likeness (QED) is 0.488. The Kier molecular flexibility index (Phi) is 18.7. The third kappa shape index (κ3) is 23.1. The Bertz CT molecular complexity index is 88.7. The maximum atomic E-state index is 4.82. The Morgan fingerprint density at radius 3 is 0.917 bits per heavy atom. The maximum Gasteiger partial charge on any atom is 1.00 e. The van der Waals surface area contributed by atoms with Crippen LogP contribution in [0.3, 0.4) is 0 Å². The Morgan fingerprint density at radius 2 is 0.917 bits per heavy atom. The smallest absolute Gasteiger partial charge is 0.693 e. The first kappa shape index (κ1) is 24.3. The molecule has 0 aliphatic rings. The molecule has 0 saturated heterocycles. The van der Waals surface area contributed by atoms with Crippen LogP contribution in [-0.2, 0) is 0 Å². The van der Waals surface area contributed by atoms with Crippen LogP contribution < -0.4 is 80.9 Å². The molecule has 0 unspecified atom stereocenters. The van der Waals surface area contributed by atoms with Gasteiger partial charge in [0.15, 0.2) is 0 Å². The molecule has 2 nitrogen and oxygen atoms in total. The molecule has 0 bridgehead atoms. The van der Waals surface area contributed by atoms with E-state index in [9.17, 15) is 0 Å². The number of rotatable bonds is 2. The molecule has 12 heavy (non-hydrogen) atoms. The molecule has 0 heterocycles. The monoisotopic (exact) mass is 238 g/mol. The average Bonchev–Trinajstić information content (AvgIpc) is 1.14. The minimum atomic E-state index is -1.11. The van der Waals surface area contributed by atoms with Crippen molar-refractivity contribution in [3.63, 3.8) is 0 Å². The fraction of sp³-hybridized carbons (Fsp3) is 1.00. The summed E-state index contributed by atoms with van der Waals surface area (Å²) in [6, 6.07) is 0. The van der Waals surface area contributed by atoms with Gasteiger partial charge in [-0.05, 0) is 0 Å². The van der Waals surface area contributed by atoms with Crippen LogP contribution in [-0.4, -0.2) is 16.5 Å². The van der Waals surface area contributed by atoms with Crippen LogP contribution in [0.4, 0.5) is 0 Å². The van der Waals surface area contributed by atoms with Crippen LogP contribution in [0.15, 0.2) is 0 Å². The topological polar surface area (TPSA) is 47.6 Å². The van der Waals surface area contributed by atoms with Crippen molar-refractivity contribution >= 4 is 16.5 Å². The van der Waals surface area contributed by atoms with Gasteiger partial charge in [-0.25, -0.2) is 0 Å². The number of hydrogen-bond acceptors (Lipinski definition) is 0. The van der Waals surface area contributed by atoms with E-state index in [1.807, 2.05) is 0 Å².